The molecular weight excluding hydrogens is 272 g/mol. The van der Waals surface area contributed by atoms with Gasteiger partial charge in [0.25, 0.3) is 0 Å². The van der Waals surface area contributed by atoms with Crippen molar-refractivity contribution in [2.45, 2.75) is 12.6 Å². The van der Waals surface area contributed by atoms with Crippen molar-refractivity contribution in [3.05, 3.63) is 53.3 Å². The number of hydrogen-bond donors (Lipinski definition) is 0. The van der Waals surface area contributed by atoms with E-state index in [1.54, 1.807) is 0 Å². The Bertz CT molecular complexity index is 661. The molecule has 0 saturated heterocycles. The molecule has 5 heteroatoms. The molecule has 0 radical (unpaired) electrons. The minimum atomic E-state index is -4.49. The number of ether oxygens (including phenoxy) is 1. The van der Waals surface area contributed by atoms with Crippen molar-refractivity contribution in [3.63, 3.8) is 0 Å². The molecule has 3 rings (SSSR count). The van der Waals surface area contributed by atoms with Crippen LogP contribution >= 0.6 is 0 Å². The maximum absolute atomic E-state index is 13.6. The average Bonchev–Trinajstić information content (AvgIpc) is 2.84. The monoisotopic (exact) mass is 282 g/mol. The Morgan fingerprint density at radius 2 is 1.75 bits per heavy atom. The molecule has 104 valence electrons. The first-order valence-electron chi connectivity index (χ1n) is 6.08. The number of benzene rings is 2. The highest BCUT2D eigenvalue weighted by Gasteiger charge is 2.34. The van der Waals surface area contributed by atoms with Crippen molar-refractivity contribution in [3.8, 4) is 16.9 Å². The van der Waals surface area contributed by atoms with Crippen LogP contribution in [-0.4, -0.2) is 6.61 Å². The Balaban J connectivity index is 2.25. The molecule has 0 amide bonds. The van der Waals surface area contributed by atoms with Crippen molar-refractivity contribution in [1.29, 1.82) is 0 Å². The molecule has 0 N–H and O–H groups in total. The van der Waals surface area contributed by atoms with E-state index in [4.69, 9.17) is 4.74 Å². The van der Waals surface area contributed by atoms with Crippen LogP contribution in [-0.2, 0) is 12.6 Å². The molecule has 2 aromatic carbocycles. The Morgan fingerprint density at radius 3 is 2.50 bits per heavy atom. The number of hydrogen-bond acceptors (Lipinski definition) is 1. The van der Waals surface area contributed by atoms with E-state index >= 15 is 0 Å². The van der Waals surface area contributed by atoms with Crippen LogP contribution < -0.4 is 4.74 Å². The Morgan fingerprint density at radius 1 is 1.00 bits per heavy atom. The van der Waals surface area contributed by atoms with Crippen molar-refractivity contribution in [2.24, 2.45) is 0 Å². The van der Waals surface area contributed by atoms with E-state index in [0.717, 1.165) is 12.1 Å². The molecule has 0 spiro atoms. The van der Waals surface area contributed by atoms with E-state index in [1.165, 1.54) is 24.3 Å². The highest BCUT2D eigenvalue weighted by Crippen LogP contribution is 2.43. The van der Waals surface area contributed by atoms with Crippen LogP contribution in [0, 0.1) is 5.82 Å². The second-order valence-corrected chi connectivity index (χ2v) is 4.58. The lowest BCUT2D eigenvalue weighted by Crippen LogP contribution is -2.07. The molecule has 0 saturated carbocycles. The summed E-state index contributed by atoms with van der Waals surface area (Å²) in [7, 11) is 0. The second kappa shape index (κ2) is 4.51. The summed E-state index contributed by atoms with van der Waals surface area (Å²) in [6.45, 7) is 0.361. The molecule has 0 aromatic heterocycles. The number of alkyl halides is 3. The van der Waals surface area contributed by atoms with Gasteiger partial charge in [-0.2, -0.15) is 13.2 Å². The summed E-state index contributed by atoms with van der Waals surface area (Å²) in [5, 5.41) is 0. The van der Waals surface area contributed by atoms with Crippen LogP contribution in [0.15, 0.2) is 36.4 Å². The summed E-state index contributed by atoms with van der Waals surface area (Å²) < 4.78 is 58.1. The summed E-state index contributed by atoms with van der Waals surface area (Å²) in [5.74, 6) is -0.204. The van der Waals surface area contributed by atoms with Crippen LogP contribution in [0.3, 0.4) is 0 Å². The average molecular weight is 282 g/mol. The third-order valence-electron chi connectivity index (χ3n) is 3.27. The third kappa shape index (κ3) is 2.13. The Labute approximate surface area is 112 Å². The lowest BCUT2D eigenvalue weighted by Gasteiger charge is -2.15. The number of rotatable bonds is 1. The first-order valence-corrected chi connectivity index (χ1v) is 6.08. The molecular formula is C15H10F4O. The molecule has 2 aromatic rings. The normalized spacial score (nSPS) is 14.0. The zero-order chi connectivity index (χ0) is 14.3. The van der Waals surface area contributed by atoms with Gasteiger partial charge < -0.3 is 4.74 Å². The smallest absolute Gasteiger partial charge is 0.417 e. The van der Waals surface area contributed by atoms with Gasteiger partial charge in [-0.1, -0.05) is 18.2 Å². The standard InChI is InChI=1S/C15H10F4O/c16-10-7-9-5-6-20-14(9)12(8-10)11-3-1-2-4-13(11)15(17,18)19/h1-4,7-8H,5-6H2. The van der Waals surface area contributed by atoms with E-state index in [2.05, 4.69) is 0 Å². The second-order valence-electron chi connectivity index (χ2n) is 4.58. The topological polar surface area (TPSA) is 9.23 Å². The van der Waals surface area contributed by atoms with Crippen LogP contribution in [0.2, 0.25) is 0 Å². The molecule has 1 aliphatic heterocycles. The van der Waals surface area contributed by atoms with Gasteiger partial charge in [0, 0.05) is 17.5 Å². The van der Waals surface area contributed by atoms with Gasteiger partial charge in [0.1, 0.15) is 11.6 Å². The zero-order valence-electron chi connectivity index (χ0n) is 10.3. The molecule has 1 heterocycles. The third-order valence-corrected chi connectivity index (χ3v) is 3.27. The molecule has 0 unspecified atom stereocenters. The fourth-order valence-corrected chi connectivity index (χ4v) is 2.43. The highest BCUT2D eigenvalue weighted by molar-refractivity contribution is 5.76. The summed E-state index contributed by atoms with van der Waals surface area (Å²) in [4.78, 5) is 0. The van der Waals surface area contributed by atoms with Gasteiger partial charge >= 0.3 is 6.18 Å². The highest BCUT2D eigenvalue weighted by atomic mass is 19.4. The molecule has 0 aliphatic carbocycles. The van der Waals surface area contributed by atoms with Gasteiger partial charge in [-0.25, -0.2) is 4.39 Å². The van der Waals surface area contributed by atoms with Crippen LogP contribution in [0.4, 0.5) is 17.6 Å². The summed E-state index contributed by atoms with van der Waals surface area (Å²) in [6.07, 6.45) is -3.98. The Hall–Kier alpha value is -2.04. The molecule has 0 bridgehead atoms. The lowest BCUT2D eigenvalue weighted by molar-refractivity contribution is -0.137. The first-order chi connectivity index (χ1) is 9.47. The zero-order valence-corrected chi connectivity index (χ0v) is 10.3. The minimum Gasteiger partial charge on any atom is -0.492 e. The minimum absolute atomic E-state index is 0.0577. The summed E-state index contributed by atoms with van der Waals surface area (Å²) in [6, 6.07) is 7.53. The van der Waals surface area contributed by atoms with E-state index in [1.807, 2.05) is 0 Å². The fraction of sp³-hybridized carbons (Fsp3) is 0.200. The van der Waals surface area contributed by atoms with E-state index in [-0.39, 0.29) is 11.1 Å². The maximum Gasteiger partial charge on any atom is 0.417 e. The van der Waals surface area contributed by atoms with Gasteiger partial charge in [0.2, 0.25) is 0 Å². The van der Waals surface area contributed by atoms with Crippen LogP contribution in [0.1, 0.15) is 11.1 Å². The molecule has 1 aliphatic rings. The maximum atomic E-state index is 13.6. The lowest BCUT2D eigenvalue weighted by atomic mass is 9.96. The van der Waals surface area contributed by atoms with Gasteiger partial charge in [0.05, 0.1) is 12.2 Å². The van der Waals surface area contributed by atoms with Gasteiger partial charge in [0.15, 0.2) is 0 Å². The van der Waals surface area contributed by atoms with Crippen molar-refractivity contribution in [2.75, 3.05) is 6.61 Å². The van der Waals surface area contributed by atoms with Crippen molar-refractivity contribution >= 4 is 0 Å². The van der Waals surface area contributed by atoms with Gasteiger partial charge in [-0.05, 0) is 23.8 Å². The van der Waals surface area contributed by atoms with E-state index < -0.39 is 17.6 Å². The quantitative estimate of drug-likeness (QED) is 0.702. The predicted octanol–water partition coefficient (Wildman–Crippen LogP) is 4.45. The van der Waals surface area contributed by atoms with Crippen molar-refractivity contribution in [1.82, 2.24) is 0 Å². The number of halogens is 4. The SMILES string of the molecule is Fc1cc2c(c(-c3ccccc3C(F)(F)F)c1)OCC2. The molecule has 0 atom stereocenters. The summed E-state index contributed by atoms with van der Waals surface area (Å²) >= 11 is 0. The van der Waals surface area contributed by atoms with Crippen molar-refractivity contribution < 1.29 is 22.3 Å². The van der Waals surface area contributed by atoms with Crippen LogP contribution in [0.5, 0.6) is 5.75 Å². The molecule has 1 nitrogen and oxygen atoms in total. The van der Waals surface area contributed by atoms with E-state index in [9.17, 15) is 17.6 Å². The van der Waals surface area contributed by atoms with Gasteiger partial charge in [-0.15, -0.1) is 0 Å². The van der Waals surface area contributed by atoms with E-state index in [0.29, 0.717) is 24.3 Å². The molecule has 20 heavy (non-hydrogen) atoms. The summed E-state index contributed by atoms with van der Waals surface area (Å²) in [5.41, 5.74) is -0.0802. The van der Waals surface area contributed by atoms with Crippen LogP contribution in [0.25, 0.3) is 11.1 Å². The first kappa shape index (κ1) is 13.0. The number of fused-ring (bicyclic) bond motifs is 1. The predicted molar refractivity (Wildman–Crippen MR) is 66.0 cm³/mol. The van der Waals surface area contributed by atoms with Gasteiger partial charge in [-0.3, -0.25) is 0 Å². The fourth-order valence-electron chi connectivity index (χ4n) is 2.43. The largest absolute Gasteiger partial charge is 0.492 e. The Kier molecular flexibility index (Phi) is 2.92. The molecule has 0 fully saturated rings.